The Balaban J connectivity index is 0.000000318. The molecule has 3 aliphatic rings. The number of furan rings is 1. The van der Waals surface area contributed by atoms with Gasteiger partial charge in [-0.1, -0.05) is 0 Å². The maximum atomic E-state index is 12.8. The molecule has 3 saturated heterocycles. The third-order valence-corrected chi connectivity index (χ3v) is 5.51. The highest BCUT2D eigenvalue weighted by atomic mass is 19.4. The van der Waals surface area contributed by atoms with Crippen molar-refractivity contribution in [3.8, 4) is 0 Å². The van der Waals surface area contributed by atoms with Crippen LogP contribution in [0.4, 0.5) is 13.2 Å². The Morgan fingerprint density at radius 1 is 1.20 bits per heavy atom. The van der Waals surface area contributed by atoms with Crippen molar-refractivity contribution in [2.75, 3.05) is 39.5 Å². The second kappa shape index (κ2) is 9.80. The van der Waals surface area contributed by atoms with E-state index in [1.165, 1.54) is 5.56 Å². The highest BCUT2D eigenvalue weighted by Crippen LogP contribution is 2.36. The third-order valence-electron chi connectivity index (χ3n) is 5.51. The van der Waals surface area contributed by atoms with Gasteiger partial charge in [-0.05, 0) is 30.7 Å². The molecular weight excluding hydrogens is 409 g/mol. The van der Waals surface area contributed by atoms with Crippen LogP contribution < -0.4 is 0 Å². The van der Waals surface area contributed by atoms with Gasteiger partial charge in [0.25, 0.3) is 5.91 Å². The Morgan fingerprint density at radius 3 is 2.57 bits per heavy atom. The molecule has 0 bridgehead atoms. The van der Waals surface area contributed by atoms with Crippen molar-refractivity contribution in [2.24, 2.45) is 17.8 Å². The second-order valence-corrected chi connectivity index (χ2v) is 7.68. The molecule has 1 amide bonds. The second-order valence-electron chi connectivity index (χ2n) is 7.68. The number of halogens is 3. The first-order chi connectivity index (χ1) is 14.3. The zero-order valence-corrected chi connectivity index (χ0v) is 16.3. The van der Waals surface area contributed by atoms with Crippen LogP contribution in [0.15, 0.2) is 23.0 Å². The van der Waals surface area contributed by atoms with Crippen LogP contribution in [0.3, 0.4) is 0 Å². The van der Waals surface area contributed by atoms with E-state index in [1.54, 1.807) is 17.6 Å². The van der Waals surface area contributed by atoms with Gasteiger partial charge in [0.2, 0.25) is 0 Å². The lowest BCUT2D eigenvalue weighted by molar-refractivity contribution is -0.207. The van der Waals surface area contributed by atoms with E-state index in [0.717, 1.165) is 39.1 Å². The van der Waals surface area contributed by atoms with Gasteiger partial charge >= 0.3 is 12.1 Å². The Labute approximate surface area is 171 Å². The number of amides is 1. The van der Waals surface area contributed by atoms with Gasteiger partial charge in [-0.3, -0.25) is 14.5 Å². The highest BCUT2D eigenvalue weighted by molar-refractivity contribution is 5.78. The van der Waals surface area contributed by atoms with Crippen LogP contribution in [0.2, 0.25) is 0 Å². The minimum absolute atomic E-state index is 0.0683. The van der Waals surface area contributed by atoms with Gasteiger partial charge in [-0.15, -0.1) is 0 Å². The molecule has 1 aromatic heterocycles. The molecular formula is C19H25F3N2O6. The fourth-order valence-electron chi connectivity index (χ4n) is 4.07. The monoisotopic (exact) mass is 434 g/mol. The number of carbonyl (C=O) groups is 2. The summed E-state index contributed by atoms with van der Waals surface area (Å²) in [5.41, 5.74) is 1.19. The molecule has 1 aromatic rings. The number of fused-ring (bicyclic) bond motifs is 1. The van der Waals surface area contributed by atoms with Crippen LogP contribution in [0.5, 0.6) is 0 Å². The van der Waals surface area contributed by atoms with E-state index < -0.39 is 12.1 Å². The van der Waals surface area contributed by atoms with Crippen molar-refractivity contribution in [2.45, 2.75) is 25.6 Å². The molecule has 11 heteroatoms. The summed E-state index contributed by atoms with van der Waals surface area (Å²) in [5.74, 6) is -1.90. The van der Waals surface area contributed by atoms with E-state index in [9.17, 15) is 18.0 Å². The molecule has 0 unspecified atom stereocenters. The normalized spacial score (nSPS) is 27.2. The third kappa shape index (κ3) is 5.73. The molecule has 0 aromatic carbocycles. The molecule has 3 fully saturated rings. The number of rotatable bonds is 3. The van der Waals surface area contributed by atoms with Crippen LogP contribution in [-0.4, -0.2) is 72.6 Å². The number of carbonyl (C=O) groups excluding carboxylic acids is 1. The van der Waals surface area contributed by atoms with Crippen molar-refractivity contribution in [3.05, 3.63) is 24.2 Å². The van der Waals surface area contributed by atoms with Gasteiger partial charge < -0.3 is 14.3 Å². The fourth-order valence-corrected chi connectivity index (χ4v) is 4.07. The Bertz CT molecular complexity index is 706. The molecule has 168 valence electrons. The molecule has 0 spiro atoms. The number of aliphatic carboxylic acids is 1. The number of carboxylic acid groups (broad SMARTS) is 1. The topological polar surface area (TPSA) is 92.4 Å². The Morgan fingerprint density at radius 2 is 1.97 bits per heavy atom. The lowest BCUT2D eigenvalue weighted by Gasteiger charge is -2.36. The molecule has 4 rings (SSSR count). The molecule has 8 nitrogen and oxygen atoms in total. The first kappa shape index (κ1) is 22.6. The summed E-state index contributed by atoms with van der Waals surface area (Å²) in [7, 11) is 0. The van der Waals surface area contributed by atoms with Crippen molar-refractivity contribution in [1.29, 1.82) is 0 Å². The average molecular weight is 434 g/mol. The summed E-state index contributed by atoms with van der Waals surface area (Å²) in [6.45, 7) is 5.47. The standard InChI is InChI=1S/C17H24N2O4.C2HF3O2/c20-17(19-4-1-2-5-23-19)16-12-22-11-14-8-18(9-15(14)16)7-13-3-6-21-10-13;3-2(4,5)1(6)7/h3,6,10,14-16H,1-2,4-5,7-9,11-12H2;(H,6,7)/t14-,15-,16+;/m1./s1. The van der Waals surface area contributed by atoms with Crippen molar-refractivity contribution in [3.63, 3.8) is 0 Å². The van der Waals surface area contributed by atoms with Gasteiger partial charge in [0, 0.05) is 31.7 Å². The molecule has 3 atom stereocenters. The maximum Gasteiger partial charge on any atom is 0.490 e. The van der Waals surface area contributed by atoms with Crippen LogP contribution >= 0.6 is 0 Å². The summed E-state index contributed by atoms with van der Waals surface area (Å²) in [6, 6.07) is 2.00. The average Bonchev–Trinajstić information content (AvgIpc) is 3.37. The van der Waals surface area contributed by atoms with Crippen LogP contribution in [0.1, 0.15) is 18.4 Å². The van der Waals surface area contributed by atoms with Crippen LogP contribution in [0.25, 0.3) is 0 Å². The van der Waals surface area contributed by atoms with E-state index in [4.69, 9.17) is 23.9 Å². The van der Waals surface area contributed by atoms with Gasteiger partial charge in [0.15, 0.2) is 0 Å². The van der Waals surface area contributed by atoms with E-state index in [0.29, 0.717) is 31.6 Å². The summed E-state index contributed by atoms with van der Waals surface area (Å²) in [6.07, 6.45) is 0.486. The first-order valence-electron chi connectivity index (χ1n) is 9.81. The number of carboxylic acids is 1. The van der Waals surface area contributed by atoms with Crippen molar-refractivity contribution >= 4 is 11.9 Å². The molecule has 0 saturated carbocycles. The van der Waals surface area contributed by atoms with Crippen molar-refractivity contribution in [1.82, 2.24) is 9.96 Å². The largest absolute Gasteiger partial charge is 0.490 e. The quantitative estimate of drug-likeness (QED) is 0.780. The summed E-state index contributed by atoms with van der Waals surface area (Å²) < 4.78 is 42.6. The SMILES string of the molecule is O=C(O)C(F)(F)F.O=C([C@H]1COC[C@H]2CN(Cc3ccoc3)C[C@H]21)N1CCCCO1. The van der Waals surface area contributed by atoms with Gasteiger partial charge in [-0.2, -0.15) is 13.2 Å². The first-order valence-corrected chi connectivity index (χ1v) is 9.81. The Kier molecular flexibility index (Phi) is 7.37. The lowest BCUT2D eigenvalue weighted by atomic mass is 9.82. The molecule has 1 N–H and O–H groups in total. The molecule has 0 radical (unpaired) electrons. The number of hydrogen-bond acceptors (Lipinski definition) is 6. The predicted molar refractivity (Wildman–Crippen MR) is 95.9 cm³/mol. The zero-order chi connectivity index (χ0) is 21.7. The maximum absolute atomic E-state index is 12.8. The summed E-state index contributed by atoms with van der Waals surface area (Å²) >= 11 is 0. The lowest BCUT2D eigenvalue weighted by Crippen LogP contribution is -2.47. The number of hydrogen-bond donors (Lipinski definition) is 1. The van der Waals surface area contributed by atoms with E-state index in [1.807, 2.05) is 6.07 Å². The van der Waals surface area contributed by atoms with E-state index in [2.05, 4.69) is 4.90 Å². The highest BCUT2D eigenvalue weighted by Gasteiger charge is 2.45. The molecule has 0 aliphatic carbocycles. The number of alkyl halides is 3. The van der Waals surface area contributed by atoms with Gasteiger partial charge in [-0.25, -0.2) is 9.86 Å². The van der Waals surface area contributed by atoms with E-state index in [-0.39, 0.29) is 11.8 Å². The van der Waals surface area contributed by atoms with Gasteiger partial charge in [0.1, 0.15) is 0 Å². The zero-order valence-electron chi connectivity index (χ0n) is 16.3. The predicted octanol–water partition coefficient (Wildman–Crippen LogP) is 2.16. The number of ether oxygens (including phenoxy) is 1. The smallest absolute Gasteiger partial charge is 0.475 e. The molecule has 3 aliphatic heterocycles. The molecule has 30 heavy (non-hydrogen) atoms. The van der Waals surface area contributed by atoms with Crippen molar-refractivity contribution < 1.29 is 41.9 Å². The number of nitrogens with zero attached hydrogens (tertiary/aromatic N) is 2. The van der Waals surface area contributed by atoms with E-state index >= 15 is 0 Å². The van der Waals surface area contributed by atoms with Gasteiger partial charge in [0.05, 0.1) is 38.3 Å². The number of hydroxylamine groups is 2. The minimum atomic E-state index is -5.08. The van der Waals surface area contributed by atoms with Crippen LogP contribution in [0, 0.1) is 17.8 Å². The molecule has 4 heterocycles. The fraction of sp³-hybridized carbons (Fsp3) is 0.684. The summed E-state index contributed by atoms with van der Waals surface area (Å²) in [5, 5.41) is 8.71. The minimum Gasteiger partial charge on any atom is -0.475 e. The van der Waals surface area contributed by atoms with Crippen LogP contribution in [-0.2, 0) is 25.7 Å². The summed E-state index contributed by atoms with van der Waals surface area (Å²) in [4.78, 5) is 29.7. The number of likely N-dealkylation sites (tertiary alicyclic amines) is 1. The Hall–Kier alpha value is -2.11.